The summed E-state index contributed by atoms with van der Waals surface area (Å²) in [4.78, 5) is 29.9. The van der Waals surface area contributed by atoms with Gasteiger partial charge in [-0.1, -0.05) is 12.1 Å². The van der Waals surface area contributed by atoms with Gasteiger partial charge < -0.3 is 16.0 Å². The molecule has 0 unspecified atom stereocenters. The molecule has 0 aliphatic heterocycles. The highest BCUT2D eigenvalue weighted by Gasteiger charge is 2.14. The van der Waals surface area contributed by atoms with Crippen molar-refractivity contribution in [1.82, 2.24) is 10.3 Å². The Morgan fingerprint density at radius 2 is 1.81 bits per heavy atom. The van der Waals surface area contributed by atoms with E-state index in [9.17, 15) is 9.59 Å². The van der Waals surface area contributed by atoms with E-state index < -0.39 is 6.04 Å². The monoisotopic (exact) mass is 408 g/mol. The summed E-state index contributed by atoms with van der Waals surface area (Å²) in [6.07, 6.45) is 5.84. The summed E-state index contributed by atoms with van der Waals surface area (Å²) in [6.45, 7) is 0.411. The molecule has 2 aromatic rings. The molecule has 0 saturated heterocycles. The number of rotatable bonds is 8. The van der Waals surface area contributed by atoms with Gasteiger partial charge in [0.25, 0.3) is 5.91 Å². The molecule has 0 aliphatic carbocycles. The molecule has 146 valence electrons. The summed E-state index contributed by atoms with van der Waals surface area (Å²) in [7, 11) is 1.73. The van der Waals surface area contributed by atoms with Gasteiger partial charge in [-0.25, -0.2) is 0 Å². The van der Waals surface area contributed by atoms with Crippen molar-refractivity contribution in [2.45, 2.75) is 19.0 Å². The first-order valence-electron chi connectivity index (χ1n) is 8.32. The Kier molecular flexibility index (Phi) is 9.85. The Morgan fingerprint density at radius 1 is 1.19 bits per heavy atom. The fraction of sp³-hybridized carbons (Fsp3) is 0.316. The zero-order chi connectivity index (χ0) is 18.9. The van der Waals surface area contributed by atoms with Gasteiger partial charge in [0, 0.05) is 37.2 Å². The van der Waals surface area contributed by atoms with Crippen molar-refractivity contribution in [2.24, 2.45) is 5.73 Å². The highest BCUT2D eigenvalue weighted by atomic mass is 35.5. The Bertz CT molecular complexity index is 728. The number of carbonyl (C=O) groups excluding carboxylic acids is 2. The average Bonchev–Trinajstić information content (AvgIpc) is 2.70. The fourth-order valence-corrected chi connectivity index (χ4v) is 2.83. The van der Waals surface area contributed by atoms with Crippen LogP contribution < -0.4 is 16.0 Å². The number of amides is 2. The van der Waals surface area contributed by atoms with Crippen LogP contribution in [0, 0.1) is 0 Å². The van der Waals surface area contributed by atoms with Crippen molar-refractivity contribution in [1.29, 1.82) is 0 Å². The first-order chi connectivity index (χ1) is 12.5. The lowest BCUT2D eigenvalue weighted by atomic mass is 10.1. The van der Waals surface area contributed by atoms with Gasteiger partial charge in [0.05, 0.1) is 6.04 Å². The van der Waals surface area contributed by atoms with Gasteiger partial charge >= 0.3 is 0 Å². The molecule has 0 saturated carbocycles. The van der Waals surface area contributed by atoms with Gasteiger partial charge in [-0.2, -0.15) is 11.8 Å². The maximum Gasteiger partial charge on any atom is 0.258 e. The molecule has 1 atom stereocenters. The zero-order valence-electron chi connectivity index (χ0n) is 15.4. The topological polar surface area (TPSA) is 88.3 Å². The van der Waals surface area contributed by atoms with E-state index in [0.717, 1.165) is 17.0 Å². The van der Waals surface area contributed by atoms with Crippen LogP contribution in [0.25, 0.3) is 0 Å². The van der Waals surface area contributed by atoms with E-state index in [2.05, 4.69) is 10.3 Å². The van der Waals surface area contributed by atoms with Crippen LogP contribution in [0.4, 0.5) is 5.69 Å². The molecule has 2 amide bonds. The van der Waals surface area contributed by atoms with Crippen molar-refractivity contribution >= 4 is 41.7 Å². The molecule has 0 fully saturated rings. The van der Waals surface area contributed by atoms with Crippen LogP contribution in [-0.2, 0) is 11.3 Å². The van der Waals surface area contributed by atoms with E-state index in [1.54, 1.807) is 48.2 Å². The first-order valence-corrected chi connectivity index (χ1v) is 9.71. The van der Waals surface area contributed by atoms with Crippen LogP contribution in [0.3, 0.4) is 0 Å². The minimum atomic E-state index is -0.481. The molecule has 2 rings (SSSR count). The Balaban J connectivity index is 0.00000364. The largest absolute Gasteiger partial charge is 0.351 e. The highest BCUT2D eigenvalue weighted by Crippen LogP contribution is 2.16. The highest BCUT2D eigenvalue weighted by molar-refractivity contribution is 7.98. The predicted molar refractivity (Wildman–Crippen MR) is 113 cm³/mol. The Morgan fingerprint density at radius 3 is 2.41 bits per heavy atom. The first kappa shape index (κ1) is 23.0. The smallest absolute Gasteiger partial charge is 0.258 e. The molecule has 0 spiro atoms. The number of benzene rings is 1. The van der Waals surface area contributed by atoms with Gasteiger partial charge in [-0.15, -0.1) is 12.4 Å². The Hall–Kier alpha value is -2.09. The summed E-state index contributed by atoms with van der Waals surface area (Å²) in [5, 5.41) is 2.84. The molecule has 1 aromatic carbocycles. The van der Waals surface area contributed by atoms with E-state index in [0.29, 0.717) is 18.5 Å². The number of hydrogen-bond acceptors (Lipinski definition) is 5. The second kappa shape index (κ2) is 11.6. The third-order valence-electron chi connectivity index (χ3n) is 3.99. The standard InChI is InChI=1S/C19H24N4O2S.ClH/c1-23(19(25)15-7-10-21-11-8-15)16-5-3-14(4-6-16)13-22-18(24)17(20)9-12-26-2;/h3-8,10-11,17H,9,12-13,20H2,1-2H3,(H,22,24);1H/t17-;/m0./s1. The maximum atomic E-state index is 12.4. The molecule has 8 heteroatoms. The minimum absolute atomic E-state index is 0. The van der Waals surface area contributed by atoms with E-state index in [4.69, 9.17) is 5.73 Å². The molecular weight excluding hydrogens is 384 g/mol. The quantitative estimate of drug-likeness (QED) is 0.700. The molecule has 0 aliphatic rings. The number of hydrogen-bond donors (Lipinski definition) is 2. The number of thioether (sulfide) groups is 1. The summed E-state index contributed by atoms with van der Waals surface area (Å²) < 4.78 is 0. The summed E-state index contributed by atoms with van der Waals surface area (Å²) in [5.74, 6) is 0.613. The van der Waals surface area contributed by atoms with Crippen molar-refractivity contribution in [3.63, 3.8) is 0 Å². The molecule has 1 aromatic heterocycles. The van der Waals surface area contributed by atoms with E-state index in [1.807, 2.05) is 30.5 Å². The van der Waals surface area contributed by atoms with Crippen molar-refractivity contribution in [3.05, 3.63) is 59.9 Å². The molecule has 0 radical (unpaired) electrons. The predicted octanol–water partition coefficient (Wildman–Crippen LogP) is 2.48. The summed E-state index contributed by atoms with van der Waals surface area (Å²) in [6, 6.07) is 10.4. The molecule has 1 heterocycles. The Labute approximate surface area is 170 Å². The number of nitrogens with zero attached hydrogens (tertiary/aromatic N) is 2. The van der Waals surface area contributed by atoms with Crippen molar-refractivity contribution < 1.29 is 9.59 Å². The van der Waals surface area contributed by atoms with E-state index in [-0.39, 0.29) is 24.2 Å². The fourth-order valence-electron chi connectivity index (χ4n) is 2.34. The summed E-state index contributed by atoms with van der Waals surface area (Å²) in [5.41, 5.74) is 8.15. The zero-order valence-corrected chi connectivity index (χ0v) is 17.1. The molecule has 27 heavy (non-hydrogen) atoms. The lowest BCUT2D eigenvalue weighted by Gasteiger charge is -2.18. The normalized spacial score (nSPS) is 11.2. The van der Waals surface area contributed by atoms with Gasteiger partial charge in [-0.05, 0) is 48.3 Å². The van der Waals surface area contributed by atoms with Gasteiger partial charge in [0.2, 0.25) is 5.91 Å². The lowest BCUT2D eigenvalue weighted by Crippen LogP contribution is -2.40. The lowest BCUT2D eigenvalue weighted by molar-refractivity contribution is -0.122. The van der Waals surface area contributed by atoms with Crippen LogP contribution in [0.5, 0.6) is 0 Å². The molecule has 3 N–H and O–H groups in total. The average molecular weight is 409 g/mol. The van der Waals surface area contributed by atoms with Crippen LogP contribution in [0.15, 0.2) is 48.8 Å². The number of carbonyl (C=O) groups is 2. The number of nitrogens with two attached hydrogens (primary N) is 1. The number of halogens is 1. The number of nitrogens with one attached hydrogen (secondary N) is 1. The van der Waals surface area contributed by atoms with Crippen LogP contribution in [0.1, 0.15) is 22.3 Å². The van der Waals surface area contributed by atoms with Crippen LogP contribution in [0.2, 0.25) is 0 Å². The second-order valence-electron chi connectivity index (χ2n) is 5.87. The van der Waals surface area contributed by atoms with Crippen molar-refractivity contribution in [3.8, 4) is 0 Å². The third-order valence-corrected chi connectivity index (χ3v) is 4.64. The van der Waals surface area contributed by atoms with Crippen LogP contribution in [-0.4, -0.2) is 41.9 Å². The van der Waals surface area contributed by atoms with Gasteiger partial charge in [0.1, 0.15) is 0 Å². The van der Waals surface area contributed by atoms with Gasteiger partial charge in [0.15, 0.2) is 0 Å². The van der Waals surface area contributed by atoms with Gasteiger partial charge in [-0.3, -0.25) is 14.6 Å². The number of anilines is 1. The number of aromatic nitrogens is 1. The SMILES string of the molecule is CSCC[C@H](N)C(=O)NCc1ccc(N(C)C(=O)c2ccncc2)cc1.Cl. The number of pyridine rings is 1. The van der Waals surface area contributed by atoms with Crippen LogP contribution >= 0.6 is 24.2 Å². The summed E-state index contributed by atoms with van der Waals surface area (Å²) >= 11 is 1.67. The van der Waals surface area contributed by atoms with Crippen molar-refractivity contribution in [2.75, 3.05) is 24.0 Å². The molecule has 6 nitrogen and oxygen atoms in total. The molecular formula is C19H25ClN4O2S. The molecule has 0 bridgehead atoms. The minimum Gasteiger partial charge on any atom is -0.351 e. The van der Waals surface area contributed by atoms with E-state index in [1.165, 1.54) is 0 Å². The third kappa shape index (κ3) is 6.86. The second-order valence-corrected chi connectivity index (χ2v) is 6.86. The maximum absolute atomic E-state index is 12.4. The van der Waals surface area contributed by atoms with E-state index >= 15 is 0 Å².